The van der Waals surface area contributed by atoms with Crippen molar-refractivity contribution in [1.82, 2.24) is 0 Å². The van der Waals surface area contributed by atoms with Crippen molar-refractivity contribution in [2.24, 2.45) is 0 Å². The van der Waals surface area contributed by atoms with Crippen LogP contribution in [0.25, 0.3) is 0 Å². The Labute approximate surface area is 426 Å². The van der Waals surface area contributed by atoms with Crippen molar-refractivity contribution in [3.63, 3.8) is 0 Å². The molecule has 6 heteroatoms. The molecule has 0 spiro atoms. The first-order valence-electron chi connectivity index (χ1n) is 28.7. The molecule has 0 aliphatic carbocycles. The van der Waals surface area contributed by atoms with Gasteiger partial charge in [0.1, 0.15) is 13.2 Å². The van der Waals surface area contributed by atoms with Gasteiger partial charge in [-0.15, -0.1) is 0 Å². The summed E-state index contributed by atoms with van der Waals surface area (Å²) in [5.41, 5.74) is 0. The van der Waals surface area contributed by atoms with E-state index in [2.05, 4.69) is 112 Å². The van der Waals surface area contributed by atoms with Crippen LogP contribution in [-0.4, -0.2) is 37.2 Å². The van der Waals surface area contributed by atoms with Gasteiger partial charge in [-0.05, 0) is 89.9 Å². The zero-order valence-corrected chi connectivity index (χ0v) is 45.0. The Morgan fingerprint density at radius 3 is 0.971 bits per heavy atom. The Kier molecular flexibility index (Phi) is 53.9. The molecule has 0 aromatic rings. The summed E-state index contributed by atoms with van der Waals surface area (Å²) in [7, 11) is 0. The summed E-state index contributed by atoms with van der Waals surface area (Å²) >= 11 is 0. The Balaban J connectivity index is 4.51. The summed E-state index contributed by atoms with van der Waals surface area (Å²) in [6.07, 6.45) is 75.5. The molecular weight excluding hydrogens is 853 g/mol. The van der Waals surface area contributed by atoms with Crippen LogP contribution in [-0.2, 0) is 28.6 Å². The van der Waals surface area contributed by atoms with Crippen LogP contribution >= 0.6 is 0 Å². The van der Waals surface area contributed by atoms with E-state index >= 15 is 0 Å². The fourth-order valence-electron chi connectivity index (χ4n) is 7.79. The van der Waals surface area contributed by atoms with Gasteiger partial charge >= 0.3 is 17.9 Å². The molecule has 6 nitrogen and oxygen atoms in total. The molecule has 0 rings (SSSR count). The average Bonchev–Trinajstić information content (AvgIpc) is 3.35. The second kappa shape index (κ2) is 56.9. The number of unbranched alkanes of at least 4 members (excludes halogenated alkanes) is 24. The van der Waals surface area contributed by atoms with Crippen LogP contribution in [0.5, 0.6) is 0 Å². The first kappa shape index (κ1) is 65.3. The van der Waals surface area contributed by atoms with E-state index in [1.807, 2.05) is 6.08 Å². The van der Waals surface area contributed by atoms with Gasteiger partial charge in [0, 0.05) is 19.3 Å². The molecule has 0 aromatic heterocycles. The van der Waals surface area contributed by atoms with Gasteiger partial charge in [-0.25, -0.2) is 0 Å². The lowest BCUT2D eigenvalue weighted by atomic mass is 10.0. The van der Waals surface area contributed by atoms with Crippen LogP contribution in [0.2, 0.25) is 0 Å². The molecule has 0 heterocycles. The lowest BCUT2D eigenvalue weighted by Crippen LogP contribution is -2.30. The summed E-state index contributed by atoms with van der Waals surface area (Å²) < 4.78 is 16.8. The number of hydrogen-bond acceptors (Lipinski definition) is 6. The number of carbonyl (C=O) groups is 3. The van der Waals surface area contributed by atoms with Crippen molar-refractivity contribution < 1.29 is 28.6 Å². The van der Waals surface area contributed by atoms with E-state index in [-0.39, 0.29) is 31.6 Å². The van der Waals surface area contributed by atoms with Crippen molar-refractivity contribution in [2.75, 3.05) is 13.2 Å². The second-order valence-electron chi connectivity index (χ2n) is 18.8. The highest BCUT2D eigenvalue weighted by atomic mass is 16.6. The van der Waals surface area contributed by atoms with Crippen molar-refractivity contribution in [3.05, 3.63) is 97.2 Å². The van der Waals surface area contributed by atoms with Crippen molar-refractivity contribution in [2.45, 2.75) is 271 Å². The second-order valence-corrected chi connectivity index (χ2v) is 18.8. The quantitative estimate of drug-likeness (QED) is 0.0262. The highest BCUT2D eigenvalue weighted by molar-refractivity contribution is 5.71. The van der Waals surface area contributed by atoms with Gasteiger partial charge in [0.2, 0.25) is 0 Å². The van der Waals surface area contributed by atoms with Gasteiger partial charge in [-0.1, -0.05) is 253 Å². The van der Waals surface area contributed by atoms with Crippen LogP contribution in [0.3, 0.4) is 0 Å². The molecule has 394 valence electrons. The number of allylic oxidation sites excluding steroid dienone is 16. The normalized spacial score (nSPS) is 12.8. The summed E-state index contributed by atoms with van der Waals surface area (Å²) in [6, 6.07) is 0. The third-order valence-electron chi connectivity index (χ3n) is 12.1. The number of esters is 3. The van der Waals surface area contributed by atoms with Gasteiger partial charge in [0.05, 0.1) is 0 Å². The monoisotopic (exact) mass is 959 g/mol. The summed E-state index contributed by atoms with van der Waals surface area (Å²) in [4.78, 5) is 38.1. The van der Waals surface area contributed by atoms with E-state index in [1.165, 1.54) is 116 Å². The SMILES string of the molecule is CC/C=C\C/C=C\C/C=C\C/C=C\C/C=C\C/C=C\CCC(=O)O[C@H](COC(=O)CCCCCCC/C=C\C/C=C\CCCCC)COC(=O)CCCCCCCCCCCCCCCCCCC. The van der Waals surface area contributed by atoms with Crippen molar-refractivity contribution in [3.8, 4) is 0 Å². The molecule has 0 N–H and O–H groups in total. The zero-order chi connectivity index (χ0) is 50.0. The molecule has 0 fully saturated rings. The minimum Gasteiger partial charge on any atom is -0.462 e. The molecule has 0 saturated heterocycles. The average molecular weight is 960 g/mol. The summed E-state index contributed by atoms with van der Waals surface area (Å²) in [5, 5.41) is 0. The van der Waals surface area contributed by atoms with Gasteiger partial charge in [-0.2, -0.15) is 0 Å². The molecule has 0 aliphatic heterocycles. The molecule has 0 aromatic carbocycles. The van der Waals surface area contributed by atoms with Gasteiger partial charge in [0.15, 0.2) is 6.10 Å². The van der Waals surface area contributed by atoms with Gasteiger partial charge in [-0.3, -0.25) is 14.4 Å². The van der Waals surface area contributed by atoms with Crippen LogP contribution in [0, 0.1) is 0 Å². The highest BCUT2D eigenvalue weighted by Crippen LogP contribution is 2.15. The van der Waals surface area contributed by atoms with E-state index in [9.17, 15) is 14.4 Å². The molecular formula is C63H106O6. The number of rotatable bonds is 51. The van der Waals surface area contributed by atoms with Crippen molar-refractivity contribution in [1.29, 1.82) is 0 Å². The molecule has 0 bridgehead atoms. The minimum absolute atomic E-state index is 0.111. The molecule has 1 atom stereocenters. The third kappa shape index (κ3) is 55.1. The smallest absolute Gasteiger partial charge is 0.306 e. The lowest BCUT2D eigenvalue weighted by Gasteiger charge is -2.18. The summed E-state index contributed by atoms with van der Waals surface area (Å²) in [6.45, 7) is 6.44. The molecule has 69 heavy (non-hydrogen) atoms. The maximum absolute atomic E-state index is 12.8. The third-order valence-corrected chi connectivity index (χ3v) is 12.1. The topological polar surface area (TPSA) is 78.9 Å². The molecule has 0 unspecified atom stereocenters. The maximum Gasteiger partial charge on any atom is 0.306 e. The lowest BCUT2D eigenvalue weighted by molar-refractivity contribution is -0.166. The van der Waals surface area contributed by atoms with Crippen LogP contribution in [0.4, 0.5) is 0 Å². The minimum atomic E-state index is -0.823. The van der Waals surface area contributed by atoms with Crippen LogP contribution in [0.1, 0.15) is 265 Å². The number of carbonyl (C=O) groups excluding carboxylic acids is 3. The Bertz CT molecular complexity index is 1380. The Morgan fingerprint density at radius 1 is 0.304 bits per heavy atom. The Hall–Kier alpha value is -3.67. The zero-order valence-electron chi connectivity index (χ0n) is 45.0. The Morgan fingerprint density at radius 2 is 0.594 bits per heavy atom. The first-order valence-corrected chi connectivity index (χ1v) is 28.7. The molecule has 0 amide bonds. The number of ether oxygens (including phenoxy) is 3. The van der Waals surface area contributed by atoms with Gasteiger partial charge < -0.3 is 14.2 Å². The van der Waals surface area contributed by atoms with E-state index < -0.39 is 12.1 Å². The highest BCUT2D eigenvalue weighted by Gasteiger charge is 2.19. The standard InChI is InChI=1S/C63H106O6/c1-4-7-10-13-16-19-22-25-28-30-31-33-36-39-42-45-48-51-54-57-63(66)69-60(58-67-61(64)55-52-49-46-43-40-37-34-27-24-21-18-15-12-9-6-3)59-68-62(65)56-53-50-47-44-41-38-35-32-29-26-23-20-17-14-11-8-5-2/h7,10,16,18-19,21,25,27-28,31,33-34,39,42,48,51,60H,4-6,8-9,11-15,17,20,22-24,26,29-30,32,35-38,40-41,43-47,49-50,52-59H2,1-3H3/b10-7-,19-16-,21-18-,28-25-,33-31-,34-27-,42-39-,51-48-/t60-/m1/s1. The predicted octanol–water partition coefficient (Wildman–Crippen LogP) is 19.3. The molecule has 0 radical (unpaired) electrons. The molecule has 0 aliphatic rings. The van der Waals surface area contributed by atoms with E-state index in [4.69, 9.17) is 14.2 Å². The van der Waals surface area contributed by atoms with E-state index in [0.29, 0.717) is 19.3 Å². The van der Waals surface area contributed by atoms with E-state index in [0.717, 1.165) is 103 Å². The number of hydrogen-bond donors (Lipinski definition) is 0. The summed E-state index contributed by atoms with van der Waals surface area (Å²) in [5.74, 6) is -1.01. The van der Waals surface area contributed by atoms with E-state index in [1.54, 1.807) is 0 Å². The fourth-order valence-corrected chi connectivity index (χ4v) is 7.79. The molecule has 0 saturated carbocycles. The van der Waals surface area contributed by atoms with Crippen LogP contribution in [0.15, 0.2) is 97.2 Å². The predicted molar refractivity (Wildman–Crippen MR) is 297 cm³/mol. The largest absolute Gasteiger partial charge is 0.462 e. The van der Waals surface area contributed by atoms with Crippen molar-refractivity contribution >= 4 is 17.9 Å². The van der Waals surface area contributed by atoms with Crippen LogP contribution < -0.4 is 0 Å². The van der Waals surface area contributed by atoms with Gasteiger partial charge in [0.25, 0.3) is 0 Å². The maximum atomic E-state index is 12.8. The fraction of sp³-hybridized carbons (Fsp3) is 0.698. The first-order chi connectivity index (χ1) is 34.0.